The first-order valence-electron chi connectivity index (χ1n) is 23.1. The second kappa shape index (κ2) is 23.5. The highest BCUT2D eigenvalue weighted by Crippen LogP contribution is 2.62. The summed E-state index contributed by atoms with van der Waals surface area (Å²) >= 11 is 1.73. The summed E-state index contributed by atoms with van der Waals surface area (Å²) in [4.78, 5) is 34.5. The summed E-state index contributed by atoms with van der Waals surface area (Å²) in [5.41, 5.74) is 2.93. The second-order valence-corrected chi connectivity index (χ2v) is 19.5. The van der Waals surface area contributed by atoms with Crippen molar-refractivity contribution in [3.05, 3.63) is 118 Å². The van der Waals surface area contributed by atoms with Crippen LogP contribution in [0.3, 0.4) is 0 Å². The van der Waals surface area contributed by atoms with Crippen molar-refractivity contribution in [3.8, 4) is 11.5 Å². The Morgan fingerprint density at radius 2 is 1.78 bits per heavy atom. The topological polar surface area (TPSA) is 162 Å². The molecule has 0 saturated heterocycles. The number of aliphatic hydroxyl groups excluding tert-OH is 2. The lowest BCUT2D eigenvalue weighted by Crippen LogP contribution is -2.70. The lowest BCUT2D eigenvalue weighted by molar-refractivity contribution is -0.384. The molecule has 1 amide bonds. The van der Waals surface area contributed by atoms with Crippen LogP contribution in [0.15, 0.2) is 107 Å². The Hall–Kier alpha value is -4.89. The summed E-state index contributed by atoms with van der Waals surface area (Å²) < 4.78 is 27.0. The van der Waals surface area contributed by atoms with E-state index in [-0.39, 0.29) is 68.3 Å². The number of carbonyl (C=O) groups is 1. The Morgan fingerprint density at radius 3 is 2.46 bits per heavy atom. The summed E-state index contributed by atoms with van der Waals surface area (Å²) in [6, 6.07) is 21.7. The molecule has 3 aromatic carbocycles. The standard InChI is InChI=1S/C51H67N3O10S/c1-6-25-53(49(57)61-35-50(3,4)5)46-33-44(52-63-34-36-19-21-38(22-20-36)54(58)59)42-31-37(15-11-13-26-55)41(18-12-14-27-56)47-43-32-39(60-29-30-65-40-16-9-8-10-17-40)23-24-45(43)64-51(46,48(42)47)62-28-7-2/h7-10,16-17,19-24,31-32,37,41,46-48,55-56H,2,6,11-15,18,25-30,33-35H2,1,3-5H3. The molecule has 6 unspecified atom stereocenters. The van der Waals surface area contributed by atoms with E-state index in [1.165, 1.54) is 17.0 Å². The van der Waals surface area contributed by atoms with Crippen molar-refractivity contribution in [1.29, 1.82) is 0 Å². The average Bonchev–Trinajstić information content (AvgIpc) is 3.30. The number of ether oxygens (including phenoxy) is 4. The van der Waals surface area contributed by atoms with Crippen molar-refractivity contribution in [2.24, 2.45) is 28.3 Å². The van der Waals surface area contributed by atoms with Crippen LogP contribution in [0.1, 0.15) is 96.1 Å². The van der Waals surface area contributed by atoms with Crippen molar-refractivity contribution in [2.75, 3.05) is 45.3 Å². The van der Waals surface area contributed by atoms with Crippen molar-refractivity contribution >= 4 is 29.3 Å². The van der Waals surface area contributed by atoms with Crippen molar-refractivity contribution in [2.45, 2.75) is 108 Å². The van der Waals surface area contributed by atoms with E-state index < -0.39 is 28.8 Å². The second-order valence-electron chi connectivity index (χ2n) is 18.3. The van der Waals surface area contributed by atoms with E-state index in [1.807, 2.05) is 58.0 Å². The highest BCUT2D eigenvalue weighted by Gasteiger charge is 2.65. The number of hydrogen-bond donors (Lipinski definition) is 2. The smallest absolute Gasteiger partial charge is 0.410 e. The van der Waals surface area contributed by atoms with Gasteiger partial charge in [-0.1, -0.05) is 76.0 Å². The van der Waals surface area contributed by atoms with E-state index in [0.717, 1.165) is 42.6 Å². The minimum atomic E-state index is -1.43. The summed E-state index contributed by atoms with van der Waals surface area (Å²) in [7, 11) is 0. The normalized spacial score (nSPS) is 22.8. The molecule has 65 heavy (non-hydrogen) atoms. The number of benzene rings is 3. The number of allylic oxidation sites excluding steroid dienone is 1. The zero-order valence-corrected chi connectivity index (χ0v) is 39.2. The van der Waals surface area contributed by atoms with Gasteiger partial charge in [0.1, 0.15) is 24.1 Å². The van der Waals surface area contributed by atoms with Crippen LogP contribution in [0.4, 0.5) is 10.5 Å². The number of fused-ring (bicyclic) bond motifs is 2. The van der Waals surface area contributed by atoms with Gasteiger partial charge in [0.25, 0.3) is 5.69 Å². The Bertz CT molecular complexity index is 2090. The third-order valence-electron chi connectivity index (χ3n) is 12.3. The summed E-state index contributed by atoms with van der Waals surface area (Å²) in [6.07, 6.45) is 8.87. The molecule has 2 aliphatic carbocycles. The average molecular weight is 914 g/mol. The lowest BCUT2D eigenvalue weighted by Gasteiger charge is -2.60. The van der Waals surface area contributed by atoms with Crippen LogP contribution in [0.2, 0.25) is 0 Å². The minimum absolute atomic E-state index is 0.0168. The minimum Gasteiger partial charge on any atom is -0.493 e. The zero-order valence-electron chi connectivity index (χ0n) is 38.4. The van der Waals surface area contributed by atoms with Crippen LogP contribution < -0.4 is 9.47 Å². The molecule has 6 atom stereocenters. The summed E-state index contributed by atoms with van der Waals surface area (Å²) in [6.45, 7) is 13.5. The molecule has 3 aliphatic rings. The Balaban J connectivity index is 1.50. The number of nitrogens with zero attached hydrogens (tertiary/aromatic N) is 3. The SMILES string of the molecule is C=CCOC12Oc3ccc(OCCSc4ccccc4)cc3C3C(CCCCO)C(CCCCO)C=C(C(=NOCc4ccc([N+](=O)[O-])cc4)CC1N(CCC)C(=O)OCC(C)(C)C)C32. The molecule has 13 nitrogen and oxygen atoms in total. The van der Waals surface area contributed by atoms with Crippen LogP contribution in [-0.2, 0) is 20.9 Å². The third-order valence-corrected chi connectivity index (χ3v) is 13.2. The first-order chi connectivity index (χ1) is 31.4. The largest absolute Gasteiger partial charge is 0.493 e. The molecule has 14 heteroatoms. The number of hydrogen-bond acceptors (Lipinski definition) is 12. The number of carbonyl (C=O) groups excluding carboxylic acids is 1. The fourth-order valence-electron chi connectivity index (χ4n) is 9.45. The molecule has 1 saturated carbocycles. The molecule has 1 aliphatic heterocycles. The van der Waals surface area contributed by atoms with Gasteiger partial charge in [-0.05, 0) is 103 Å². The zero-order chi connectivity index (χ0) is 46.4. The van der Waals surface area contributed by atoms with Crippen molar-refractivity contribution < 1.29 is 43.7 Å². The summed E-state index contributed by atoms with van der Waals surface area (Å²) in [5, 5.41) is 36.2. The van der Waals surface area contributed by atoms with E-state index in [2.05, 4.69) is 30.9 Å². The monoisotopic (exact) mass is 913 g/mol. The number of unbranched alkanes of at least 4 members (excludes halogenated alkanes) is 2. The quantitative estimate of drug-likeness (QED) is 0.0289. The maximum atomic E-state index is 14.5. The molecular weight excluding hydrogens is 847 g/mol. The van der Waals surface area contributed by atoms with Gasteiger partial charge in [0.15, 0.2) is 0 Å². The number of nitro benzene ring substituents is 1. The van der Waals surface area contributed by atoms with Crippen LogP contribution in [-0.4, -0.2) is 89.0 Å². The van der Waals surface area contributed by atoms with Gasteiger partial charge >= 0.3 is 6.09 Å². The predicted octanol–water partition coefficient (Wildman–Crippen LogP) is 10.5. The van der Waals surface area contributed by atoms with Gasteiger partial charge < -0.3 is 34.0 Å². The van der Waals surface area contributed by atoms with Crippen molar-refractivity contribution in [1.82, 2.24) is 4.90 Å². The van der Waals surface area contributed by atoms with Crippen LogP contribution in [0.5, 0.6) is 11.5 Å². The molecule has 3 aromatic rings. The van der Waals surface area contributed by atoms with E-state index >= 15 is 0 Å². The number of nitro groups is 1. The molecular formula is C51H67N3O10S. The summed E-state index contributed by atoms with van der Waals surface area (Å²) in [5.74, 6) is 0.0583. The third kappa shape index (κ3) is 12.5. The Morgan fingerprint density at radius 1 is 1.05 bits per heavy atom. The van der Waals surface area contributed by atoms with Crippen molar-refractivity contribution in [3.63, 3.8) is 0 Å². The highest BCUT2D eigenvalue weighted by molar-refractivity contribution is 7.99. The van der Waals surface area contributed by atoms with Crippen LogP contribution in [0.25, 0.3) is 0 Å². The number of amides is 1. The number of thioether (sulfide) groups is 1. The van der Waals surface area contributed by atoms with Gasteiger partial charge in [-0.2, -0.15) is 0 Å². The van der Waals surface area contributed by atoms with Crippen LogP contribution >= 0.6 is 11.8 Å². The molecule has 1 heterocycles. The van der Waals surface area contributed by atoms with Gasteiger partial charge in [0.05, 0.1) is 36.4 Å². The molecule has 0 aromatic heterocycles. The number of rotatable bonds is 24. The molecule has 2 N–H and O–H groups in total. The van der Waals surface area contributed by atoms with E-state index in [9.17, 15) is 25.1 Å². The molecule has 0 spiro atoms. The molecule has 0 bridgehead atoms. The first kappa shape index (κ1) is 49.5. The lowest BCUT2D eigenvalue weighted by atomic mass is 9.55. The molecule has 352 valence electrons. The molecule has 0 radical (unpaired) electrons. The van der Waals surface area contributed by atoms with Crippen LogP contribution in [0, 0.1) is 33.3 Å². The first-order valence-corrected chi connectivity index (χ1v) is 24.1. The Kier molecular flexibility index (Phi) is 17.9. The maximum absolute atomic E-state index is 14.5. The number of non-ortho nitro benzene ring substituents is 1. The molecule has 6 rings (SSSR count). The van der Waals surface area contributed by atoms with Gasteiger partial charge in [-0.15, -0.1) is 18.3 Å². The van der Waals surface area contributed by atoms with Gasteiger partial charge in [-0.25, -0.2) is 4.79 Å². The fourth-order valence-corrected chi connectivity index (χ4v) is 10.2. The van der Waals surface area contributed by atoms with E-state index in [4.69, 9.17) is 28.9 Å². The predicted molar refractivity (Wildman–Crippen MR) is 253 cm³/mol. The number of aliphatic hydroxyl groups is 2. The number of oxime groups is 1. The van der Waals surface area contributed by atoms with E-state index in [0.29, 0.717) is 55.2 Å². The van der Waals surface area contributed by atoms with E-state index in [1.54, 1.807) is 34.9 Å². The highest BCUT2D eigenvalue weighted by atomic mass is 32.2. The van der Waals surface area contributed by atoms with Gasteiger partial charge in [0.2, 0.25) is 5.79 Å². The fraction of sp³-hybridized carbons (Fsp3) is 0.529. The van der Waals surface area contributed by atoms with Gasteiger partial charge in [-0.3, -0.25) is 15.0 Å². The molecule has 1 fully saturated rings. The van der Waals surface area contributed by atoms with Gasteiger partial charge in [0, 0.05) is 60.4 Å². The maximum Gasteiger partial charge on any atom is 0.410 e. The Labute approximate surface area is 388 Å².